The first kappa shape index (κ1) is 19.1. The molecule has 0 aliphatic heterocycles. The summed E-state index contributed by atoms with van der Waals surface area (Å²) in [5.74, 6) is 0.0899. The van der Waals surface area contributed by atoms with Gasteiger partial charge >= 0.3 is 0 Å². The molecule has 4 nitrogen and oxygen atoms in total. The van der Waals surface area contributed by atoms with E-state index < -0.39 is 5.91 Å². The number of nitrogens with one attached hydrogen (secondary N) is 1. The Labute approximate surface area is 166 Å². The summed E-state index contributed by atoms with van der Waals surface area (Å²) < 4.78 is 0.977. The lowest BCUT2D eigenvalue weighted by Gasteiger charge is -2.21. The number of anilines is 1. The summed E-state index contributed by atoms with van der Waals surface area (Å²) in [7, 11) is 0. The van der Waals surface area contributed by atoms with Gasteiger partial charge in [0.15, 0.2) is 0 Å². The second kappa shape index (κ2) is 8.35. The normalized spacial score (nSPS) is 16.2. The van der Waals surface area contributed by atoms with Crippen molar-refractivity contribution in [3.63, 3.8) is 0 Å². The Hall–Kier alpha value is -1.66. The van der Waals surface area contributed by atoms with Crippen LogP contribution in [0.5, 0.6) is 0 Å². The van der Waals surface area contributed by atoms with E-state index in [9.17, 15) is 9.59 Å². The molecule has 1 unspecified atom stereocenters. The molecule has 0 fully saturated rings. The van der Waals surface area contributed by atoms with Crippen LogP contribution in [0.3, 0.4) is 0 Å². The van der Waals surface area contributed by atoms with E-state index in [1.54, 1.807) is 0 Å². The second-order valence-electron chi connectivity index (χ2n) is 6.82. The number of carbonyl (C=O) groups is 2. The van der Waals surface area contributed by atoms with E-state index in [1.807, 2.05) is 24.3 Å². The molecule has 3 N–H and O–H groups in total. The summed E-state index contributed by atoms with van der Waals surface area (Å²) in [6, 6.07) is 7.64. The highest BCUT2D eigenvalue weighted by atomic mass is 79.9. The van der Waals surface area contributed by atoms with Crippen LogP contribution in [0.15, 0.2) is 28.7 Å². The van der Waals surface area contributed by atoms with Crippen LogP contribution < -0.4 is 11.1 Å². The van der Waals surface area contributed by atoms with Gasteiger partial charge in [-0.25, -0.2) is 0 Å². The van der Waals surface area contributed by atoms with Crippen LogP contribution in [0.1, 0.15) is 52.5 Å². The number of rotatable bonds is 6. The molecule has 1 aliphatic rings. The molecule has 2 aromatic rings. The van der Waals surface area contributed by atoms with Crippen molar-refractivity contribution in [2.24, 2.45) is 11.7 Å². The lowest BCUT2D eigenvalue weighted by Crippen LogP contribution is -2.20. The minimum Gasteiger partial charge on any atom is -0.365 e. The van der Waals surface area contributed by atoms with E-state index in [-0.39, 0.29) is 12.3 Å². The Bertz CT molecular complexity index is 814. The van der Waals surface area contributed by atoms with Crippen molar-refractivity contribution in [1.29, 1.82) is 0 Å². The van der Waals surface area contributed by atoms with Crippen LogP contribution in [0, 0.1) is 5.92 Å². The molecule has 6 heteroatoms. The Balaban J connectivity index is 1.78. The van der Waals surface area contributed by atoms with Gasteiger partial charge in [0.1, 0.15) is 5.00 Å². The highest BCUT2D eigenvalue weighted by molar-refractivity contribution is 9.10. The zero-order valence-corrected chi connectivity index (χ0v) is 17.2. The molecule has 2 amide bonds. The zero-order valence-electron chi connectivity index (χ0n) is 14.8. The maximum Gasteiger partial charge on any atom is 0.251 e. The summed E-state index contributed by atoms with van der Waals surface area (Å²) in [4.78, 5) is 25.7. The number of benzene rings is 1. The van der Waals surface area contributed by atoms with Crippen molar-refractivity contribution in [2.45, 2.75) is 45.4 Å². The van der Waals surface area contributed by atoms with Gasteiger partial charge in [-0.15, -0.1) is 11.3 Å². The predicted molar refractivity (Wildman–Crippen MR) is 110 cm³/mol. The van der Waals surface area contributed by atoms with Gasteiger partial charge in [0.2, 0.25) is 5.91 Å². The Kier molecular flexibility index (Phi) is 6.14. The molecule has 1 aromatic heterocycles. The molecule has 1 atom stereocenters. The fourth-order valence-corrected chi connectivity index (χ4v) is 5.26. The number of hydrogen-bond acceptors (Lipinski definition) is 3. The number of primary amides is 1. The zero-order chi connectivity index (χ0) is 18.7. The van der Waals surface area contributed by atoms with Crippen molar-refractivity contribution < 1.29 is 9.59 Å². The van der Waals surface area contributed by atoms with E-state index in [1.165, 1.54) is 29.1 Å². The first-order valence-corrected chi connectivity index (χ1v) is 10.6. The minimum absolute atomic E-state index is 0.126. The topological polar surface area (TPSA) is 72.2 Å². The lowest BCUT2D eigenvalue weighted by atomic mass is 9.84. The molecule has 0 radical (unpaired) electrons. The average molecular weight is 435 g/mol. The Morgan fingerprint density at radius 3 is 2.69 bits per heavy atom. The molecule has 0 saturated carbocycles. The van der Waals surface area contributed by atoms with Gasteiger partial charge in [-0.3, -0.25) is 9.59 Å². The Morgan fingerprint density at radius 2 is 2.04 bits per heavy atom. The average Bonchev–Trinajstić information content (AvgIpc) is 2.94. The molecular formula is C20H23BrN2O2S. The number of fused-ring (bicyclic) bond motifs is 1. The van der Waals surface area contributed by atoms with E-state index in [0.717, 1.165) is 34.9 Å². The van der Waals surface area contributed by atoms with Gasteiger partial charge in [-0.2, -0.15) is 0 Å². The van der Waals surface area contributed by atoms with Crippen molar-refractivity contribution in [3.8, 4) is 0 Å². The van der Waals surface area contributed by atoms with Gasteiger partial charge in [0.05, 0.1) is 12.0 Å². The molecule has 138 valence electrons. The van der Waals surface area contributed by atoms with Crippen LogP contribution in [-0.4, -0.2) is 11.8 Å². The maximum absolute atomic E-state index is 12.5. The second-order valence-corrected chi connectivity index (χ2v) is 8.84. The van der Waals surface area contributed by atoms with Gasteiger partial charge in [-0.1, -0.05) is 47.8 Å². The highest BCUT2D eigenvalue weighted by Crippen LogP contribution is 2.40. The lowest BCUT2D eigenvalue weighted by molar-refractivity contribution is -0.115. The molecule has 0 spiro atoms. The van der Waals surface area contributed by atoms with Crippen LogP contribution in [-0.2, 0) is 24.1 Å². The van der Waals surface area contributed by atoms with Crippen LogP contribution in [0.4, 0.5) is 5.00 Å². The third kappa shape index (κ3) is 4.35. The van der Waals surface area contributed by atoms with Gasteiger partial charge in [0, 0.05) is 9.35 Å². The number of hydrogen-bond donors (Lipinski definition) is 2. The van der Waals surface area contributed by atoms with Crippen molar-refractivity contribution in [3.05, 3.63) is 50.3 Å². The van der Waals surface area contributed by atoms with Gasteiger partial charge in [0.25, 0.3) is 5.91 Å². The fraction of sp³-hybridized carbons (Fsp3) is 0.400. The van der Waals surface area contributed by atoms with E-state index >= 15 is 0 Å². The quantitative estimate of drug-likeness (QED) is 0.691. The molecule has 1 aliphatic carbocycles. The number of amides is 2. The van der Waals surface area contributed by atoms with E-state index in [2.05, 4.69) is 28.2 Å². The summed E-state index contributed by atoms with van der Waals surface area (Å²) in [6.45, 7) is 2.20. The first-order valence-electron chi connectivity index (χ1n) is 8.96. The van der Waals surface area contributed by atoms with Crippen LogP contribution in [0.25, 0.3) is 0 Å². The molecular weight excluding hydrogens is 412 g/mol. The maximum atomic E-state index is 12.5. The standard InChI is InChI=1S/C20H23BrN2O2S/c1-2-3-12-6-9-15-16(10-12)26-20(18(15)19(22)25)23-17(24)11-13-4-7-14(21)8-5-13/h4-5,7-8,12H,2-3,6,9-11H2,1H3,(H2,22,25)(H,23,24). The van der Waals surface area contributed by atoms with Crippen molar-refractivity contribution in [1.82, 2.24) is 0 Å². The first-order chi connectivity index (χ1) is 12.5. The SMILES string of the molecule is CCCC1CCc2c(sc(NC(=O)Cc3ccc(Br)cc3)c2C(N)=O)C1. The molecule has 3 rings (SSSR count). The molecule has 0 saturated heterocycles. The molecule has 0 bridgehead atoms. The number of carbonyl (C=O) groups excluding carboxylic acids is 2. The largest absolute Gasteiger partial charge is 0.365 e. The van der Waals surface area contributed by atoms with E-state index in [0.29, 0.717) is 16.5 Å². The summed E-state index contributed by atoms with van der Waals surface area (Å²) in [5.41, 5.74) is 8.13. The highest BCUT2D eigenvalue weighted by Gasteiger charge is 2.28. The van der Waals surface area contributed by atoms with Crippen LogP contribution in [0.2, 0.25) is 0 Å². The van der Waals surface area contributed by atoms with Crippen LogP contribution >= 0.6 is 27.3 Å². The smallest absolute Gasteiger partial charge is 0.251 e. The number of halogens is 1. The Morgan fingerprint density at radius 1 is 1.31 bits per heavy atom. The predicted octanol–water partition coefficient (Wildman–Crippen LogP) is 4.70. The van der Waals surface area contributed by atoms with Crippen molar-refractivity contribution >= 4 is 44.1 Å². The third-order valence-electron chi connectivity index (χ3n) is 4.84. The molecule has 1 aromatic carbocycles. The summed E-state index contributed by atoms with van der Waals surface area (Å²) >= 11 is 4.91. The van der Waals surface area contributed by atoms with Gasteiger partial charge in [-0.05, 0) is 48.4 Å². The summed E-state index contributed by atoms with van der Waals surface area (Å²) in [6.07, 6.45) is 5.59. The van der Waals surface area contributed by atoms with Crippen molar-refractivity contribution in [2.75, 3.05) is 5.32 Å². The third-order valence-corrected chi connectivity index (χ3v) is 6.54. The fourth-order valence-electron chi connectivity index (χ4n) is 3.62. The van der Waals surface area contributed by atoms with E-state index in [4.69, 9.17) is 5.73 Å². The monoisotopic (exact) mass is 434 g/mol. The molecule has 1 heterocycles. The minimum atomic E-state index is -0.449. The molecule has 26 heavy (non-hydrogen) atoms. The number of nitrogens with two attached hydrogens (primary N) is 1. The summed E-state index contributed by atoms with van der Waals surface area (Å²) in [5, 5.41) is 3.54. The number of thiophene rings is 1. The van der Waals surface area contributed by atoms with Gasteiger partial charge < -0.3 is 11.1 Å².